The smallest absolute Gasteiger partial charge is 0.251 e. The summed E-state index contributed by atoms with van der Waals surface area (Å²) < 4.78 is 13.4. The fourth-order valence-corrected chi connectivity index (χ4v) is 4.07. The van der Waals surface area contributed by atoms with Crippen LogP contribution in [0.25, 0.3) is 0 Å². The largest absolute Gasteiger partial charge is 0.349 e. The standard InChI is InChI=1S/C23H26FN3O2/c1-15-12-18(4-6-20(15)24)23(29)25-19-8-10-27(11-9-19)14-16-2-3-17-5-7-22(28)26-21(17)13-16/h2-4,6,12-13,19H,5,7-11,14H2,1H3,(H,25,29)(H,26,28). The van der Waals surface area contributed by atoms with Crippen LogP contribution < -0.4 is 10.6 Å². The van der Waals surface area contributed by atoms with Crippen LogP contribution in [0, 0.1) is 12.7 Å². The number of benzene rings is 2. The summed E-state index contributed by atoms with van der Waals surface area (Å²) in [4.78, 5) is 26.4. The van der Waals surface area contributed by atoms with Gasteiger partial charge in [0.15, 0.2) is 0 Å². The molecule has 0 aromatic heterocycles. The minimum absolute atomic E-state index is 0.0857. The first-order valence-electron chi connectivity index (χ1n) is 10.2. The molecule has 0 radical (unpaired) electrons. The third-order valence-corrected chi connectivity index (χ3v) is 5.82. The summed E-state index contributed by atoms with van der Waals surface area (Å²) in [6.07, 6.45) is 3.13. The monoisotopic (exact) mass is 395 g/mol. The number of rotatable bonds is 4. The predicted octanol–water partition coefficient (Wildman–Crippen LogP) is 3.41. The van der Waals surface area contributed by atoms with Gasteiger partial charge in [-0.1, -0.05) is 12.1 Å². The molecule has 2 amide bonds. The molecule has 6 heteroatoms. The van der Waals surface area contributed by atoms with Crippen LogP contribution in [0.2, 0.25) is 0 Å². The summed E-state index contributed by atoms with van der Waals surface area (Å²) in [5, 5.41) is 6.04. The molecule has 152 valence electrons. The summed E-state index contributed by atoms with van der Waals surface area (Å²) in [6.45, 7) is 4.30. The van der Waals surface area contributed by atoms with E-state index >= 15 is 0 Å². The van der Waals surface area contributed by atoms with Crippen molar-refractivity contribution in [1.29, 1.82) is 0 Å². The molecule has 2 aromatic rings. The lowest BCUT2D eigenvalue weighted by Gasteiger charge is -2.32. The van der Waals surface area contributed by atoms with Crippen LogP contribution in [0.5, 0.6) is 0 Å². The number of piperidine rings is 1. The zero-order valence-corrected chi connectivity index (χ0v) is 16.6. The van der Waals surface area contributed by atoms with Gasteiger partial charge in [-0.15, -0.1) is 0 Å². The lowest BCUT2D eigenvalue weighted by molar-refractivity contribution is -0.116. The maximum absolute atomic E-state index is 13.4. The van der Waals surface area contributed by atoms with Crippen molar-refractivity contribution < 1.29 is 14.0 Å². The topological polar surface area (TPSA) is 61.4 Å². The van der Waals surface area contributed by atoms with E-state index in [2.05, 4.69) is 33.7 Å². The third-order valence-electron chi connectivity index (χ3n) is 5.82. The molecule has 2 aliphatic heterocycles. The van der Waals surface area contributed by atoms with Crippen LogP contribution in [0.15, 0.2) is 36.4 Å². The second-order valence-corrected chi connectivity index (χ2v) is 8.03. The molecule has 2 N–H and O–H groups in total. The Morgan fingerprint density at radius 1 is 1.17 bits per heavy atom. The Morgan fingerprint density at radius 2 is 1.97 bits per heavy atom. The molecule has 0 spiro atoms. The lowest BCUT2D eigenvalue weighted by Crippen LogP contribution is -2.44. The molecule has 4 rings (SSSR count). The molecule has 1 saturated heterocycles. The predicted molar refractivity (Wildman–Crippen MR) is 110 cm³/mol. The molecule has 1 fully saturated rings. The van der Waals surface area contributed by atoms with Crippen LogP contribution in [0.4, 0.5) is 10.1 Å². The Morgan fingerprint density at radius 3 is 2.72 bits per heavy atom. The Kier molecular flexibility index (Phi) is 5.62. The quantitative estimate of drug-likeness (QED) is 0.834. The van der Waals surface area contributed by atoms with Gasteiger partial charge >= 0.3 is 0 Å². The molecule has 2 heterocycles. The summed E-state index contributed by atoms with van der Waals surface area (Å²) in [5.74, 6) is -0.351. The number of amides is 2. The van der Waals surface area contributed by atoms with Gasteiger partial charge in [-0.2, -0.15) is 0 Å². The molecule has 0 saturated carbocycles. The van der Waals surface area contributed by atoms with Crippen LogP contribution >= 0.6 is 0 Å². The summed E-state index contributed by atoms with van der Waals surface area (Å²) in [5.41, 5.74) is 4.31. The highest BCUT2D eigenvalue weighted by Gasteiger charge is 2.22. The van der Waals surface area contributed by atoms with Gasteiger partial charge in [0, 0.05) is 43.3 Å². The molecule has 5 nitrogen and oxygen atoms in total. The number of hydrogen-bond donors (Lipinski definition) is 2. The number of halogens is 1. The fraction of sp³-hybridized carbons (Fsp3) is 0.391. The summed E-state index contributed by atoms with van der Waals surface area (Å²) in [6, 6.07) is 10.9. The van der Waals surface area contributed by atoms with Crippen molar-refractivity contribution in [2.75, 3.05) is 18.4 Å². The van der Waals surface area contributed by atoms with Gasteiger partial charge in [0.05, 0.1) is 0 Å². The van der Waals surface area contributed by atoms with E-state index in [9.17, 15) is 14.0 Å². The number of likely N-dealkylation sites (tertiary alicyclic amines) is 1. The van der Waals surface area contributed by atoms with E-state index in [4.69, 9.17) is 0 Å². The normalized spacial score (nSPS) is 17.5. The zero-order chi connectivity index (χ0) is 20.4. The Labute approximate surface area is 170 Å². The van der Waals surface area contributed by atoms with E-state index < -0.39 is 0 Å². The number of nitrogens with zero attached hydrogens (tertiary/aromatic N) is 1. The van der Waals surface area contributed by atoms with Crippen molar-refractivity contribution in [2.45, 2.75) is 45.2 Å². The second kappa shape index (κ2) is 8.33. The number of anilines is 1. The minimum Gasteiger partial charge on any atom is -0.349 e. The maximum atomic E-state index is 13.4. The molecule has 2 aliphatic rings. The van der Waals surface area contributed by atoms with Crippen molar-refractivity contribution >= 4 is 17.5 Å². The van der Waals surface area contributed by atoms with E-state index in [1.54, 1.807) is 13.0 Å². The highest BCUT2D eigenvalue weighted by Crippen LogP contribution is 2.25. The van der Waals surface area contributed by atoms with Crippen molar-refractivity contribution in [3.63, 3.8) is 0 Å². The summed E-state index contributed by atoms with van der Waals surface area (Å²) in [7, 11) is 0. The van der Waals surface area contributed by atoms with Crippen LogP contribution in [-0.2, 0) is 17.8 Å². The van der Waals surface area contributed by atoms with Gasteiger partial charge < -0.3 is 10.6 Å². The average molecular weight is 395 g/mol. The molecule has 0 atom stereocenters. The molecule has 0 unspecified atom stereocenters. The number of hydrogen-bond acceptors (Lipinski definition) is 3. The Bertz CT molecular complexity index is 936. The van der Waals surface area contributed by atoms with Gasteiger partial charge in [0.2, 0.25) is 5.91 Å². The van der Waals surface area contributed by atoms with Crippen molar-refractivity contribution in [2.24, 2.45) is 0 Å². The Balaban J connectivity index is 1.29. The maximum Gasteiger partial charge on any atom is 0.251 e. The number of carbonyl (C=O) groups is 2. The van der Waals surface area contributed by atoms with Crippen molar-refractivity contribution in [3.8, 4) is 0 Å². The van der Waals surface area contributed by atoms with Crippen molar-refractivity contribution in [1.82, 2.24) is 10.2 Å². The average Bonchev–Trinajstić information content (AvgIpc) is 2.71. The van der Waals surface area contributed by atoms with Gasteiger partial charge in [-0.3, -0.25) is 14.5 Å². The number of carbonyl (C=O) groups excluding carboxylic acids is 2. The number of aryl methyl sites for hydroxylation is 2. The molecule has 2 aromatic carbocycles. The van der Waals surface area contributed by atoms with E-state index in [0.29, 0.717) is 17.5 Å². The SMILES string of the molecule is Cc1cc(C(=O)NC2CCN(Cc3ccc4c(c3)NC(=O)CC4)CC2)ccc1F. The molecular weight excluding hydrogens is 369 g/mol. The fourth-order valence-electron chi connectivity index (χ4n) is 4.07. The highest BCUT2D eigenvalue weighted by atomic mass is 19.1. The highest BCUT2D eigenvalue weighted by molar-refractivity contribution is 5.94. The van der Waals surface area contributed by atoms with Crippen LogP contribution in [0.1, 0.15) is 46.3 Å². The van der Waals surface area contributed by atoms with Crippen molar-refractivity contribution in [3.05, 3.63) is 64.5 Å². The number of nitrogens with one attached hydrogen (secondary N) is 2. The van der Waals surface area contributed by atoms with E-state index in [0.717, 1.165) is 44.6 Å². The van der Waals surface area contributed by atoms with Gasteiger partial charge in [-0.05, 0) is 67.1 Å². The molecule has 0 aliphatic carbocycles. The first-order chi connectivity index (χ1) is 14.0. The van der Waals surface area contributed by atoms with Gasteiger partial charge in [0.25, 0.3) is 5.91 Å². The minimum atomic E-state index is -0.295. The van der Waals surface area contributed by atoms with E-state index in [1.165, 1.54) is 23.3 Å². The van der Waals surface area contributed by atoms with Crippen LogP contribution in [0.3, 0.4) is 0 Å². The second-order valence-electron chi connectivity index (χ2n) is 8.03. The molecular formula is C23H26FN3O2. The first-order valence-corrected chi connectivity index (χ1v) is 10.2. The zero-order valence-electron chi connectivity index (χ0n) is 16.6. The van der Waals surface area contributed by atoms with E-state index in [1.807, 2.05) is 0 Å². The molecule has 0 bridgehead atoms. The number of fused-ring (bicyclic) bond motifs is 1. The lowest BCUT2D eigenvalue weighted by atomic mass is 9.99. The molecule has 29 heavy (non-hydrogen) atoms. The summed E-state index contributed by atoms with van der Waals surface area (Å²) >= 11 is 0. The first kappa shape index (κ1) is 19.6. The Hall–Kier alpha value is -2.73. The van der Waals surface area contributed by atoms with Crippen LogP contribution in [-0.4, -0.2) is 35.8 Å². The van der Waals surface area contributed by atoms with Gasteiger partial charge in [-0.25, -0.2) is 4.39 Å². The van der Waals surface area contributed by atoms with Gasteiger partial charge in [0.1, 0.15) is 5.82 Å². The third kappa shape index (κ3) is 4.65. The van der Waals surface area contributed by atoms with E-state index in [-0.39, 0.29) is 23.7 Å².